The van der Waals surface area contributed by atoms with Gasteiger partial charge in [0.25, 0.3) is 0 Å². The standard InChI is InChI=1S/C24H22NOP/c1-19(23-18-10-12-20-11-8-9-17-24(20)23)25-27(26,21-13-4-2-5-14-21)22-15-6-3-7-16-22/h2-19H,1H3,(H,25,26). The predicted octanol–water partition coefficient (Wildman–Crippen LogP) is 5.42. The van der Waals surface area contributed by atoms with Crippen LogP contribution in [0.4, 0.5) is 0 Å². The fourth-order valence-corrected chi connectivity index (χ4v) is 6.01. The second-order valence-electron chi connectivity index (χ2n) is 6.70. The van der Waals surface area contributed by atoms with Crippen molar-refractivity contribution in [3.63, 3.8) is 0 Å². The van der Waals surface area contributed by atoms with Gasteiger partial charge in [0.2, 0.25) is 7.29 Å². The Labute approximate surface area is 160 Å². The largest absolute Gasteiger partial charge is 0.297 e. The Morgan fingerprint density at radius 1 is 0.667 bits per heavy atom. The lowest BCUT2D eigenvalue weighted by molar-refractivity contribution is 0.569. The van der Waals surface area contributed by atoms with E-state index in [1.54, 1.807) is 0 Å². The summed E-state index contributed by atoms with van der Waals surface area (Å²) >= 11 is 0. The second-order valence-corrected chi connectivity index (χ2v) is 9.21. The van der Waals surface area contributed by atoms with E-state index in [1.807, 2.05) is 72.8 Å². The number of fused-ring (bicyclic) bond motifs is 1. The van der Waals surface area contributed by atoms with Gasteiger partial charge in [-0.15, -0.1) is 0 Å². The van der Waals surface area contributed by atoms with Crippen LogP contribution in [0.5, 0.6) is 0 Å². The van der Waals surface area contributed by atoms with E-state index < -0.39 is 7.29 Å². The minimum absolute atomic E-state index is 0.0673. The molecule has 0 aliphatic heterocycles. The fourth-order valence-electron chi connectivity index (χ4n) is 3.54. The number of hydrogen-bond donors (Lipinski definition) is 1. The summed E-state index contributed by atoms with van der Waals surface area (Å²) in [6, 6.07) is 34.0. The van der Waals surface area contributed by atoms with Gasteiger partial charge < -0.3 is 0 Å². The summed E-state index contributed by atoms with van der Waals surface area (Å²) in [6.45, 7) is 2.08. The molecule has 4 aromatic rings. The lowest BCUT2D eigenvalue weighted by Crippen LogP contribution is -2.29. The Kier molecular flexibility index (Phi) is 4.94. The van der Waals surface area contributed by atoms with E-state index >= 15 is 0 Å². The van der Waals surface area contributed by atoms with Gasteiger partial charge in [0.15, 0.2) is 0 Å². The number of nitrogens with one attached hydrogen (secondary N) is 1. The molecule has 0 saturated carbocycles. The minimum atomic E-state index is -2.97. The van der Waals surface area contributed by atoms with E-state index in [0.717, 1.165) is 16.2 Å². The van der Waals surface area contributed by atoms with Crippen molar-refractivity contribution < 1.29 is 4.57 Å². The number of hydrogen-bond acceptors (Lipinski definition) is 1. The van der Waals surface area contributed by atoms with E-state index in [0.29, 0.717) is 0 Å². The first-order valence-corrected chi connectivity index (χ1v) is 10.9. The zero-order chi connectivity index (χ0) is 18.7. The normalized spacial score (nSPS) is 12.8. The van der Waals surface area contributed by atoms with Gasteiger partial charge in [-0.3, -0.25) is 9.65 Å². The summed E-state index contributed by atoms with van der Waals surface area (Å²) < 4.78 is 14.2. The van der Waals surface area contributed by atoms with E-state index in [-0.39, 0.29) is 6.04 Å². The first kappa shape index (κ1) is 17.7. The van der Waals surface area contributed by atoms with Crippen molar-refractivity contribution in [2.45, 2.75) is 13.0 Å². The van der Waals surface area contributed by atoms with Crippen molar-refractivity contribution in [3.05, 3.63) is 109 Å². The third kappa shape index (κ3) is 3.47. The fraction of sp³-hybridized carbons (Fsp3) is 0.0833. The summed E-state index contributed by atoms with van der Waals surface area (Å²) in [4.78, 5) is 0. The molecule has 0 bridgehead atoms. The molecule has 0 spiro atoms. The minimum Gasteiger partial charge on any atom is -0.297 e. The molecule has 0 heterocycles. The first-order chi connectivity index (χ1) is 13.2. The Bertz CT molecular complexity index is 1040. The van der Waals surface area contributed by atoms with Gasteiger partial charge in [-0.1, -0.05) is 78.9 Å². The SMILES string of the molecule is CC(NP(=O)(c1ccccc1)c1ccccc1)c1cccc2ccccc12. The molecule has 0 saturated heterocycles. The van der Waals surface area contributed by atoms with Crippen LogP contribution in [0.1, 0.15) is 18.5 Å². The van der Waals surface area contributed by atoms with Crippen molar-refractivity contribution >= 4 is 28.7 Å². The lowest BCUT2D eigenvalue weighted by Gasteiger charge is -2.26. The van der Waals surface area contributed by atoms with Crippen molar-refractivity contribution in [2.24, 2.45) is 0 Å². The molecule has 1 unspecified atom stereocenters. The van der Waals surface area contributed by atoms with E-state index in [2.05, 4.69) is 42.3 Å². The summed E-state index contributed by atoms with van der Waals surface area (Å²) in [6.07, 6.45) is 0. The molecule has 4 rings (SSSR count). The lowest BCUT2D eigenvalue weighted by atomic mass is 10.0. The van der Waals surface area contributed by atoms with E-state index in [4.69, 9.17) is 0 Å². The molecule has 0 radical (unpaired) electrons. The first-order valence-electron chi connectivity index (χ1n) is 9.15. The Morgan fingerprint density at radius 2 is 1.19 bits per heavy atom. The average molecular weight is 371 g/mol. The Hall–Kier alpha value is -2.67. The van der Waals surface area contributed by atoms with Crippen LogP contribution in [0.2, 0.25) is 0 Å². The maximum absolute atomic E-state index is 14.2. The molecule has 0 amide bonds. The Morgan fingerprint density at radius 3 is 1.81 bits per heavy atom. The average Bonchev–Trinajstić information content (AvgIpc) is 2.74. The maximum Gasteiger partial charge on any atom is 0.205 e. The van der Waals surface area contributed by atoms with Crippen LogP contribution in [-0.2, 0) is 4.57 Å². The highest BCUT2D eigenvalue weighted by molar-refractivity contribution is 7.76. The zero-order valence-corrected chi connectivity index (χ0v) is 16.1. The van der Waals surface area contributed by atoms with E-state index in [9.17, 15) is 4.57 Å². The van der Waals surface area contributed by atoms with Gasteiger partial charge in [-0.05, 0) is 47.5 Å². The molecule has 27 heavy (non-hydrogen) atoms. The summed E-state index contributed by atoms with van der Waals surface area (Å²) in [5.74, 6) is 0. The van der Waals surface area contributed by atoms with E-state index in [1.165, 1.54) is 10.8 Å². The van der Waals surface area contributed by atoms with Crippen LogP contribution in [0.15, 0.2) is 103 Å². The van der Waals surface area contributed by atoms with Crippen LogP contribution in [0.3, 0.4) is 0 Å². The smallest absolute Gasteiger partial charge is 0.205 e. The number of rotatable bonds is 5. The van der Waals surface area contributed by atoms with Crippen LogP contribution < -0.4 is 15.7 Å². The molecule has 2 nitrogen and oxygen atoms in total. The molecule has 1 N–H and O–H groups in total. The van der Waals surface area contributed by atoms with Crippen molar-refractivity contribution in [2.75, 3.05) is 0 Å². The second kappa shape index (κ2) is 7.52. The molecule has 0 aliphatic carbocycles. The highest BCUT2D eigenvalue weighted by atomic mass is 31.2. The van der Waals surface area contributed by atoms with Crippen molar-refractivity contribution in [1.29, 1.82) is 0 Å². The predicted molar refractivity (Wildman–Crippen MR) is 115 cm³/mol. The van der Waals surface area contributed by atoms with Crippen molar-refractivity contribution in [1.82, 2.24) is 5.09 Å². The van der Waals surface area contributed by atoms with Gasteiger partial charge >= 0.3 is 0 Å². The quantitative estimate of drug-likeness (QED) is 0.475. The summed E-state index contributed by atoms with van der Waals surface area (Å²) in [5, 5.41) is 7.52. The van der Waals surface area contributed by atoms with Crippen molar-refractivity contribution in [3.8, 4) is 0 Å². The molecular formula is C24H22NOP. The number of benzene rings is 4. The van der Waals surface area contributed by atoms with Gasteiger partial charge in [-0.2, -0.15) is 0 Å². The van der Waals surface area contributed by atoms with Gasteiger partial charge in [-0.25, -0.2) is 0 Å². The van der Waals surface area contributed by atoms with Crippen LogP contribution in [0.25, 0.3) is 10.8 Å². The third-order valence-corrected chi connectivity index (χ3v) is 7.71. The third-order valence-electron chi connectivity index (χ3n) is 4.90. The molecule has 1 atom stereocenters. The monoisotopic (exact) mass is 371 g/mol. The van der Waals surface area contributed by atoms with Crippen LogP contribution in [0, 0.1) is 0 Å². The molecular weight excluding hydrogens is 349 g/mol. The van der Waals surface area contributed by atoms with Gasteiger partial charge in [0.05, 0.1) is 0 Å². The molecule has 0 aliphatic rings. The molecule has 0 aromatic heterocycles. The molecule has 4 aromatic carbocycles. The van der Waals surface area contributed by atoms with Gasteiger partial charge in [0.1, 0.15) is 0 Å². The van der Waals surface area contributed by atoms with Crippen LogP contribution >= 0.6 is 7.29 Å². The highest BCUT2D eigenvalue weighted by Gasteiger charge is 2.29. The molecule has 3 heteroatoms. The summed E-state index contributed by atoms with van der Waals surface area (Å²) in [5.41, 5.74) is 1.15. The topological polar surface area (TPSA) is 29.1 Å². The highest BCUT2D eigenvalue weighted by Crippen LogP contribution is 2.42. The summed E-state index contributed by atoms with van der Waals surface area (Å²) in [7, 11) is -2.97. The maximum atomic E-state index is 14.2. The van der Waals surface area contributed by atoms with Crippen LogP contribution in [-0.4, -0.2) is 0 Å². The molecule has 134 valence electrons. The molecule has 0 fully saturated rings. The Balaban J connectivity index is 1.79. The van der Waals surface area contributed by atoms with Gasteiger partial charge in [0, 0.05) is 16.7 Å². The zero-order valence-electron chi connectivity index (χ0n) is 15.2.